The summed E-state index contributed by atoms with van der Waals surface area (Å²) < 4.78 is 4.99. The Morgan fingerprint density at radius 1 is 1.41 bits per heavy atom. The maximum absolute atomic E-state index is 12.5. The van der Waals surface area contributed by atoms with E-state index in [1.807, 2.05) is 30.2 Å². The third kappa shape index (κ3) is 3.38. The van der Waals surface area contributed by atoms with E-state index in [9.17, 15) is 4.79 Å². The van der Waals surface area contributed by atoms with E-state index < -0.39 is 0 Å². The van der Waals surface area contributed by atoms with Crippen LogP contribution in [0.25, 0.3) is 0 Å². The van der Waals surface area contributed by atoms with Gasteiger partial charge in [-0.25, -0.2) is 0 Å². The van der Waals surface area contributed by atoms with Crippen LogP contribution in [-0.4, -0.2) is 34.0 Å². The van der Waals surface area contributed by atoms with Crippen LogP contribution in [0, 0.1) is 19.8 Å². The molecule has 0 aromatic carbocycles. The largest absolute Gasteiger partial charge is 0.340 e. The van der Waals surface area contributed by atoms with E-state index in [0.717, 1.165) is 55.0 Å². The summed E-state index contributed by atoms with van der Waals surface area (Å²) in [5, 5.41) is 5.93. The molecule has 6 heteroatoms. The fourth-order valence-electron chi connectivity index (χ4n) is 2.94. The molecule has 0 bridgehead atoms. The van der Waals surface area contributed by atoms with Crippen LogP contribution >= 0.6 is 11.3 Å². The zero-order valence-electron chi connectivity index (χ0n) is 13.0. The molecule has 118 valence electrons. The summed E-state index contributed by atoms with van der Waals surface area (Å²) >= 11 is 1.54. The average Bonchev–Trinajstić information content (AvgIpc) is 3.13. The van der Waals surface area contributed by atoms with E-state index in [4.69, 9.17) is 4.52 Å². The molecule has 1 amide bonds. The Balaban J connectivity index is 1.48. The Morgan fingerprint density at radius 2 is 2.18 bits per heavy atom. The van der Waals surface area contributed by atoms with Crippen LogP contribution < -0.4 is 0 Å². The first-order valence-electron chi connectivity index (χ1n) is 7.76. The summed E-state index contributed by atoms with van der Waals surface area (Å²) in [6, 6.07) is 2.01. The molecule has 0 radical (unpaired) electrons. The molecular weight excluding hydrogens is 298 g/mol. The normalized spacial score (nSPS) is 16.2. The van der Waals surface area contributed by atoms with Crippen molar-refractivity contribution in [2.45, 2.75) is 39.5 Å². The molecule has 0 aliphatic carbocycles. The molecule has 22 heavy (non-hydrogen) atoms. The number of hydrogen-bond donors (Lipinski definition) is 0. The van der Waals surface area contributed by atoms with Gasteiger partial charge in [0.15, 0.2) is 5.82 Å². The van der Waals surface area contributed by atoms with E-state index in [2.05, 4.69) is 10.1 Å². The van der Waals surface area contributed by atoms with Gasteiger partial charge in [0.05, 0.1) is 4.88 Å². The molecule has 3 heterocycles. The van der Waals surface area contributed by atoms with Gasteiger partial charge in [-0.2, -0.15) is 4.98 Å². The summed E-state index contributed by atoms with van der Waals surface area (Å²) in [6.45, 7) is 5.52. The Morgan fingerprint density at radius 3 is 2.77 bits per heavy atom. The predicted molar refractivity (Wildman–Crippen MR) is 85.0 cm³/mol. The van der Waals surface area contributed by atoms with Gasteiger partial charge in [0, 0.05) is 26.4 Å². The molecule has 3 rings (SSSR count). The van der Waals surface area contributed by atoms with Crippen molar-refractivity contribution in [3.05, 3.63) is 33.6 Å². The highest BCUT2D eigenvalue weighted by molar-refractivity contribution is 7.12. The van der Waals surface area contributed by atoms with E-state index in [1.54, 1.807) is 11.3 Å². The lowest BCUT2D eigenvalue weighted by Gasteiger charge is -2.31. The van der Waals surface area contributed by atoms with E-state index in [-0.39, 0.29) is 5.91 Å². The maximum Gasteiger partial charge on any atom is 0.264 e. The third-order valence-corrected chi connectivity index (χ3v) is 5.31. The van der Waals surface area contributed by atoms with Crippen LogP contribution in [0.5, 0.6) is 0 Å². The minimum absolute atomic E-state index is 0.194. The number of aryl methyl sites for hydroxylation is 3. The number of piperidine rings is 1. The summed E-state index contributed by atoms with van der Waals surface area (Å²) in [6.07, 6.45) is 4.05. The number of carbonyl (C=O) groups excluding carboxylic acids is 1. The van der Waals surface area contributed by atoms with Gasteiger partial charge in [0.1, 0.15) is 0 Å². The highest BCUT2D eigenvalue weighted by Gasteiger charge is 2.25. The monoisotopic (exact) mass is 319 g/mol. The lowest BCUT2D eigenvalue weighted by Crippen LogP contribution is -2.38. The Kier molecular flexibility index (Phi) is 4.57. The van der Waals surface area contributed by atoms with E-state index in [0.29, 0.717) is 11.8 Å². The topological polar surface area (TPSA) is 59.2 Å². The molecule has 5 nitrogen and oxygen atoms in total. The molecule has 1 fully saturated rings. The maximum atomic E-state index is 12.5. The second-order valence-corrected chi connectivity index (χ2v) is 6.85. The number of rotatable bonds is 4. The number of aromatic nitrogens is 2. The first-order valence-corrected chi connectivity index (χ1v) is 8.64. The van der Waals surface area contributed by atoms with Gasteiger partial charge >= 0.3 is 0 Å². The van der Waals surface area contributed by atoms with Crippen molar-refractivity contribution in [2.24, 2.45) is 5.92 Å². The first kappa shape index (κ1) is 15.2. The van der Waals surface area contributed by atoms with Crippen molar-refractivity contribution in [2.75, 3.05) is 13.1 Å². The SMILES string of the molecule is Cc1nc(CCC2CCN(C(=O)c3sccc3C)CC2)no1. The highest BCUT2D eigenvalue weighted by atomic mass is 32.1. The van der Waals surface area contributed by atoms with E-state index in [1.165, 1.54) is 0 Å². The Hall–Kier alpha value is -1.69. The van der Waals surface area contributed by atoms with Crippen molar-refractivity contribution < 1.29 is 9.32 Å². The molecule has 1 saturated heterocycles. The zero-order valence-corrected chi connectivity index (χ0v) is 13.9. The predicted octanol–water partition coefficient (Wildman–Crippen LogP) is 3.23. The average molecular weight is 319 g/mol. The van der Waals surface area contributed by atoms with Gasteiger partial charge in [-0.05, 0) is 49.1 Å². The summed E-state index contributed by atoms with van der Waals surface area (Å²) in [4.78, 5) is 19.6. The van der Waals surface area contributed by atoms with E-state index >= 15 is 0 Å². The minimum Gasteiger partial charge on any atom is -0.340 e. The molecule has 0 N–H and O–H groups in total. The molecule has 0 atom stereocenters. The van der Waals surface area contributed by atoms with Crippen molar-refractivity contribution in [3.8, 4) is 0 Å². The summed E-state index contributed by atoms with van der Waals surface area (Å²) in [5.74, 6) is 2.26. The lowest BCUT2D eigenvalue weighted by atomic mass is 9.92. The highest BCUT2D eigenvalue weighted by Crippen LogP contribution is 2.25. The van der Waals surface area contributed by atoms with Crippen molar-refractivity contribution in [1.82, 2.24) is 15.0 Å². The summed E-state index contributed by atoms with van der Waals surface area (Å²) in [7, 11) is 0. The van der Waals surface area contributed by atoms with Gasteiger partial charge in [0.25, 0.3) is 5.91 Å². The zero-order chi connectivity index (χ0) is 15.5. The van der Waals surface area contributed by atoms with Gasteiger partial charge in [-0.3, -0.25) is 4.79 Å². The fraction of sp³-hybridized carbons (Fsp3) is 0.562. The van der Waals surface area contributed by atoms with Crippen molar-refractivity contribution in [3.63, 3.8) is 0 Å². The quantitative estimate of drug-likeness (QED) is 0.868. The smallest absolute Gasteiger partial charge is 0.264 e. The number of amides is 1. The number of nitrogens with zero attached hydrogens (tertiary/aromatic N) is 3. The molecule has 0 spiro atoms. The molecular formula is C16H21N3O2S. The standard InChI is InChI=1S/C16H21N3O2S/c1-11-7-10-22-15(11)16(20)19-8-5-13(6-9-19)3-4-14-17-12(2)21-18-14/h7,10,13H,3-6,8-9H2,1-2H3. The number of likely N-dealkylation sites (tertiary alicyclic amines) is 1. The van der Waals surface area contributed by atoms with Gasteiger partial charge in [-0.1, -0.05) is 5.16 Å². The fourth-order valence-corrected chi connectivity index (χ4v) is 3.83. The number of hydrogen-bond acceptors (Lipinski definition) is 5. The Bertz CT molecular complexity index is 641. The van der Waals surface area contributed by atoms with Crippen molar-refractivity contribution >= 4 is 17.2 Å². The van der Waals surface area contributed by atoms with Crippen LogP contribution in [0.1, 0.15) is 46.2 Å². The lowest BCUT2D eigenvalue weighted by molar-refractivity contribution is 0.0691. The number of thiophene rings is 1. The molecule has 1 aliphatic heterocycles. The van der Waals surface area contributed by atoms with Gasteiger partial charge in [-0.15, -0.1) is 11.3 Å². The van der Waals surface area contributed by atoms with Crippen molar-refractivity contribution in [1.29, 1.82) is 0 Å². The second-order valence-electron chi connectivity index (χ2n) is 5.94. The minimum atomic E-state index is 0.194. The second kappa shape index (κ2) is 6.60. The molecule has 2 aromatic rings. The van der Waals surface area contributed by atoms with Crippen LogP contribution in [0.2, 0.25) is 0 Å². The molecule has 1 aliphatic rings. The summed E-state index contributed by atoms with van der Waals surface area (Å²) in [5.41, 5.74) is 1.09. The van der Waals surface area contributed by atoms with Crippen LogP contribution in [0.4, 0.5) is 0 Å². The van der Waals surface area contributed by atoms with Crippen LogP contribution in [0.15, 0.2) is 16.0 Å². The van der Waals surface area contributed by atoms with Gasteiger partial charge in [0.2, 0.25) is 5.89 Å². The molecule has 0 saturated carbocycles. The Labute approximate surface area is 134 Å². The van der Waals surface area contributed by atoms with Crippen LogP contribution in [-0.2, 0) is 6.42 Å². The van der Waals surface area contributed by atoms with Gasteiger partial charge < -0.3 is 9.42 Å². The first-order chi connectivity index (χ1) is 10.6. The molecule has 0 unspecified atom stereocenters. The third-order valence-electron chi connectivity index (χ3n) is 4.30. The molecule has 2 aromatic heterocycles. The number of carbonyl (C=O) groups is 1. The van der Waals surface area contributed by atoms with Crippen LogP contribution in [0.3, 0.4) is 0 Å².